The molecular weight excluding hydrogens is 312 g/mol. The molecule has 25 heavy (non-hydrogen) atoms. The lowest BCUT2D eigenvalue weighted by Crippen LogP contribution is -2.54. The van der Waals surface area contributed by atoms with Crippen LogP contribution in [0.4, 0.5) is 0 Å². The molecule has 0 saturated heterocycles. The zero-order valence-corrected chi connectivity index (χ0v) is 13.8. The van der Waals surface area contributed by atoms with Gasteiger partial charge in [0.05, 0.1) is 0 Å². The summed E-state index contributed by atoms with van der Waals surface area (Å²) in [6.45, 7) is 0.501. The minimum absolute atomic E-state index is 0.420. The van der Waals surface area contributed by atoms with Crippen LogP contribution in [0.1, 0.15) is 16.7 Å². The van der Waals surface area contributed by atoms with Crippen molar-refractivity contribution < 1.29 is 4.79 Å². The third-order valence-electron chi connectivity index (χ3n) is 4.22. The van der Waals surface area contributed by atoms with E-state index in [2.05, 4.69) is 15.3 Å². The molecule has 126 valence electrons. The molecule has 2 heterocycles. The lowest BCUT2D eigenvalue weighted by molar-refractivity contribution is -0.125. The van der Waals surface area contributed by atoms with E-state index in [9.17, 15) is 4.79 Å². The topological polar surface area (TPSA) is 80.9 Å². The summed E-state index contributed by atoms with van der Waals surface area (Å²) in [5, 5.41) is 3.38. The van der Waals surface area contributed by atoms with Gasteiger partial charge in [0.2, 0.25) is 5.91 Å². The minimum atomic E-state index is -1.02. The third-order valence-corrected chi connectivity index (χ3v) is 4.22. The van der Waals surface area contributed by atoms with Gasteiger partial charge >= 0.3 is 0 Å². The predicted octanol–water partition coefficient (Wildman–Crippen LogP) is 2.19. The molecule has 2 aromatic heterocycles. The molecule has 1 unspecified atom stereocenters. The summed E-state index contributed by atoms with van der Waals surface area (Å²) in [4.78, 5) is 20.7. The summed E-state index contributed by atoms with van der Waals surface area (Å²) in [5.74, 6) is -0.420. The fourth-order valence-electron chi connectivity index (χ4n) is 2.87. The summed E-state index contributed by atoms with van der Waals surface area (Å²) in [6, 6.07) is 17.2. The van der Waals surface area contributed by atoms with Crippen molar-refractivity contribution in [2.24, 2.45) is 5.73 Å². The van der Waals surface area contributed by atoms with Crippen molar-refractivity contribution in [3.8, 4) is 0 Å². The summed E-state index contributed by atoms with van der Waals surface area (Å²) >= 11 is 0. The van der Waals surface area contributed by atoms with Gasteiger partial charge in [0, 0.05) is 37.8 Å². The zero-order chi connectivity index (χ0) is 17.5. The van der Waals surface area contributed by atoms with Gasteiger partial charge in [-0.3, -0.25) is 20.1 Å². The van der Waals surface area contributed by atoms with Crippen molar-refractivity contribution >= 4 is 5.91 Å². The van der Waals surface area contributed by atoms with E-state index in [0.717, 1.165) is 16.7 Å². The van der Waals surface area contributed by atoms with Gasteiger partial charge in [-0.25, -0.2) is 0 Å². The molecule has 0 bridgehead atoms. The van der Waals surface area contributed by atoms with Crippen LogP contribution < -0.4 is 11.1 Å². The monoisotopic (exact) mass is 332 g/mol. The molecule has 1 amide bonds. The zero-order valence-electron chi connectivity index (χ0n) is 13.8. The molecule has 0 aliphatic heterocycles. The first-order valence-corrected chi connectivity index (χ1v) is 8.09. The quantitative estimate of drug-likeness (QED) is 0.695. The number of aromatic nitrogens is 2. The molecule has 3 rings (SSSR count). The van der Waals surface area contributed by atoms with Crippen LogP contribution in [0.15, 0.2) is 79.4 Å². The van der Waals surface area contributed by atoms with Gasteiger partial charge in [0.1, 0.15) is 5.54 Å². The van der Waals surface area contributed by atoms with Crippen LogP contribution in [0.25, 0.3) is 0 Å². The van der Waals surface area contributed by atoms with E-state index in [-0.39, 0.29) is 0 Å². The Hall–Kier alpha value is -3.05. The lowest BCUT2D eigenvalue weighted by atomic mass is 9.83. The van der Waals surface area contributed by atoms with Crippen molar-refractivity contribution in [3.63, 3.8) is 0 Å². The number of pyridine rings is 2. The number of carbonyl (C=O) groups is 1. The number of nitrogens with two attached hydrogens (primary N) is 1. The standard InChI is InChI=1S/C20H20N4O/c21-19(25)20(18-6-2-1-3-7-18,13-17-5-4-10-23-14-17)24-15-16-8-11-22-12-9-16/h1-12,14,24H,13,15H2,(H2,21,25). The molecule has 0 aliphatic carbocycles. The van der Waals surface area contributed by atoms with Crippen LogP contribution in [0, 0.1) is 0 Å². The van der Waals surface area contributed by atoms with Crippen LogP contribution in [-0.2, 0) is 23.3 Å². The maximum absolute atomic E-state index is 12.6. The predicted molar refractivity (Wildman–Crippen MR) is 96.3 cm³/mol. The van der Waals surface area contributed by atoms with Crippen LogP contribution in [0.2, 0.25) is 0 Å². The van der Waals surface area contributed by atoms with Gasteiger partial charge in [-0.05, 0) is 34.9 Å². The van der Waals surface area contributed by atoms with Crippen molar-refractivity contribution in [2.45, 2.75) is 18.5 Å². The Morgan fingerprint density at radius 3 is 2.32 bits per heavy atom. The first-order valence-electron chi connectivity index (χ1n) is 8.09. The van der Waals surface area contributed by atoms with E-state index in [1.807, 2.05) is 54.6 Å². The Labute approximate surface area is 146 Å². The van der Waals surface area contributed by atoms with E-state index in [4.69, 9.17) is 5.73 Å². The highest BCUT2D eigenvalue weighted by Crippen LogP contribution is 2.26. The Morgan fingerprint density at radius 1 is 0.920 bits per heavy atom. The van der Waals surface area contributed by atoms with E-state index < -0.39 is 11.4 Å². The summed E-state index contributed by atoms with van der Waals surface area (Å²) in [6.07, 6.45) is 7.35. The van der Waals surface area contributed by atoms with E-state index in [1.54, 1.807) is 24.8 Å². The van der Waals surface area contributed by atoms with Crippen molar-refractivity contribution in [3.05, 3.63) is 96.1 Å². The molecule has 0 fully saturated rings. The average molecular weight is 332 g/mol. The van der Waals surface area contributed by atoms with Crippen LogP contribution in [0.5, 0.6) is 0 Å². The number of amides is 1. The van der Waals surface area contributed by atoms with E-state index in [0.29, 0.717) is 13.0 Å². The largest absolute Gasteiger partial charge is 0.368 e. The fraction of sp³-hybridized carbons (Fsp3) is 0.150. The molecule has 0 saturated carbocycles. The Morgan fingerprint density at radius 2 is 1.68 bits per heavy atom. The second kappa shape index (κ2) is 7.68. The van der Waals surface area contributed by atoms with Gasteiger partial charge in [-0.2, -0.15) is 0 Å². The van der Waals surface area contributed by atoms with Crippen LogP contribution in [-0.4, -0.2) is 15.9 Å². The Bertz CT molecular complexity index is 809. The highest BCUT2D eigenvalue weighted by atomic mass is 16.1. The highest BCUT2D eigenvalue weighted by Gasteiger charge is 2.38. The maximum atomic E-state index is 12.6. The van der Waals surface area contributed by atoms with E-state index in [1.165, 1.54) is 0 Å². The third kappa shape index (κ3) is 3.89. The number of primary amides is 1. The smallest absolute Gasteiger partial charge is 0.242 e. The molecule has 5 nitrogen and oxygen atoms in total. The van der Waals surface area contributed by atoms with Crippen molar-refractivity contribution in [1.82, 2.24) is 15.3 Å². The maximum Gasteiger partial charge on any atom is 0.242 e. The first kappa shape index (κ1) is 16.8. The normalized spacial score (nSPS) is 13.1. The average Bonchev–Trinajstić information content (AvgIpc) is 2.67. The van der Waals surface area contributed by atoms with E-state index >= 15 is 0 Å². The number of nitrogens with one attached hydrogen (secondary N) is 1. The second-order valence-electron chi connectivity index (χ2n) is 5.88. The molecule has 0 spiro atoms. The molecule has 1 atom stereocenters. The van der Waals surface area contributed by atoms with Gasteiger partial charge in [-0.15, -0.1) is 0 Å². The minimum Gasteiger partial charge on any atom is -0.368 e. The molecule has 3 N–H and O–H groups in total. The van der Waals surface area contributed by atoms with Crippen molar-refractivity contribution in [2.75, 3.05) is 0 Å². The summed E-state index contributed by atoms with van der Waals surface area (Å²) < 4.78 is 0. The molecule has 0 radical (unpaired) electrons. The van der Waals surface area contributed by atoms with Crippen molar-refractivity contribution in [1.29, 1.82) is 0 Å². The SMILES string of the molecule is NC(=O)C(Cc1cccnc1)(NCc1ccncc1)c1ccccc1. The van der Waals surface area contributed by atoms with Gasteiger partial charge in [0.25, 0.3) is 0 Å². The second-order valence-corrected chi connectivity index (χ2v) is 5.88. The lowest BCUT2D eigenvalue weighted by Gasteiger charge is -2.32. The first-order chi connectivity index (χ1) is 12.2. The highest BCUT2D eigenvalue weighted by molar-refractivity contribution is 5.86. The Kier molecular flexibility index (Phi) is 5.16. The number of carbonyl (C=O) groups excluding carboxylic acids is 1. The van der Waals surface area contributed by atoms with Gasteiger partial charge < -0.3 is 5.73 Å². The van der Waals surface area contributed by atoms with Crippen LogP contribution in [0.3, 0.4) is 0 Å². The van der Waals surface area contributed by atoms with Gasteiger partial charge in [0.15, 0.2) is 0 Å². The number of benzene rings is 1. The number of nitrogens with zero attached hydrogens (tertiary/aromatic N) is 2. The number of hydrogen-bond donors (Lipinski definition) is 2. The Balaban J connectivity index is 1.97. The van der Waals surface area contributed by atoms with Gasteiger partial charge in [-0.1, -0.05) is 36.4 Å². The molecule has 3 aromatic rings. The molecule has 5 heteroatoms. The summed E-state index contributed by atoms with van der Waals surface area (Å²) in [7, 11) is 0. The summed E-state index contributed by atoms with van der Waals surface area (Å²) in [5.41, 5.74) is 7.66. The fourth-order valence-corrected chi connectivity index (χ4v) is 2.87. The molecule has 0 aliphatic rings. The number of rotatable bonds is 7. The molecule has 1 aromatic carbocycles. The number of hydrogen-bond acceptors (Lipinski definition) is 4. The van der Waals surface area contributed by atoms with Crippen LogP contribution >= 0.6 is 0 Å². The molecular formula is C20H20N4O.